The second-order valence-corrected chi connectivity index (χ2v) is 7.35. The van der Waals surface area contributed by atoms with Gasteiger partial charge < -0.3 is 4.57 Å². The van der Waals surface area contributed by atoms with Crippen LogP contribution in [0.2, 0.25) is 10.3 Å². The van der Waals surface area contributed by atoms with Crippen LogP contribution in [0.1, 0.15) is 49.9 Å². The van der Waals surface area contributed by atoms with Crippen LogP contribution in [-0.4, -0.2) is 19.7 Å². The fourth-order valence-corrected chi connectivity index (χ4v) is 3.90. The summed E-state index contributed by atoms with van der Waals surface area (Å²) in [6.45, 7) is 0. The topological polar surface area (TPSA) is 43.6 Å². The Morgan fingerprint density at radius 2 is 1.90 bits per heavy atom. The Morgan fingerprint density at radius 1 is 1.10 bits per heavy atom. The lowest BCUT2D eigenvalue weighted by atomic mass is 9.85. The fourth-order valence-electron chi connectivity index (χ4n) is 2.55. The maximum absolute atomic E-state index is 6.16. The molecule has 0 spiro atoms. The first-order chi connectivity index (χ1) is 10.2. The first-order valence-corrected chi connectivity index (χ1v) is 8.74. The van der Waals surface area contributed by atoms with Crippen LogP contribution in [0, 0.1) is 0 Å². The number of pyridine rings is 1. The molecule has 2 aromatic heterocycles. The van der Waals surface area contributed by atoms with Crippen molar-refractivity contribution in [3.8, 4) is 0 Å². The number of hydrogen-bond acceptors (Lipinski definition) is 4. The van der Waals surface area contributed by atoms with Crippen LogP contribution in [0.3, 0.4) is 0 Å². The van der Waals surface area contributed by atoms with E-state index in [9.17, 15) is 0 Å². The highest BCUT2D eigenvalue weighted by Gasteiger charge is 2.34. The smallest absolute Gasteiger partial charge is 0.196 e. The third kappa shape index (κ3) is 2.67. The van der Waals surface area contributed by atoms with Crippen molar-refractivity contribution in [3.63, 3.8) is 0 Å². The molecule has 0 atom stereocenters. The van der Waals surface area contributed by atoms with Gasteiger partial charge in [-0.05, 0) is 49.6 Å². The molecule has 0 radical (unpaired) electrons. The quantitative estimate of drug-likeness (QED) is 0.754. The van der Waals surface area contributed by atoms with E-state index >= 15 is 0 Å². The molecular weight excluding hydrogens is 327 g/mol. The molecule has 0 aliphatic heterocycles. The molecule has 0 unspecified atom stereocenters. The number of halogens is 2. The lowest BCUT2D eigenvalue weighted by Gasteiger charge is -2.25. The molecule has 0 N–H and O–H groups in total. The zero-order valence-corrected chi connectivity index (χ0v) is 13.6. The second kappa shape index (κ2) is 5.45. The molecule has 2 aromatic rings. The summed E-state index contributed by atoms with van der Waals surface area (Å²) in [5, 5.41) is 10.6. The van der Waals surface area contributed by atoms with Crippen molar-refractivity contribution >= 4 is 35.0 Å². The van der Waals surface area contributed by atoms with E-state index in [4.69, 9.17) is 23.2 Å². The molecule has 7 heteroatoms. The Kier molecular flexibility index (Phi) is 3.59. The van der Waals surface area contributed by atoms with Gasteiger partial charge in [0, 0.05) is 12.0 Å². The monoisotopic (exact) mass is 340 g/mol. The van der Waals surface area contributed by atoms with Gasteiger partial charge in [-0.3, -0.25) is 0 Å². The molecule has 0 aromatic carbocycles. The lowest BCUT2D eigenvalue weighted by Crippen LogP contribution is -2.15. The molecule has 0 bridgehead atoms. The maximum atomic E-state index is 6.16. The average Bonchev–Trinajstić information content (AvgIpc) is 3.14. The van der Waals surface area contributed by atoms with E-state index in [1.54, 1.807) is 6.07 Å². The van der Waals surface area contributed by atoms with Crippen LogP contribution in [0.5, 0.6) is 0 Å². The molecule has 21 heavy (non-hydrogen) atoms. The highest BCUT2D eigenvalue weighted by Crippen LogP contribution is 2.45. The molecule has 2 aliphatic carbocycles. The predicted molar refractivity (Wildman–Crippen MR) is 83.3 cm³/mol. The van der Waals surface area contributed by atoms with Crippen molar-refractivity contribution in [3.05, 3.63) is 28.3 Å². The van der Waals surface area contributed by atoms with Crippen LogP contribution >= 0.6 is 35.0 Å². The van der Waals surface area contributed by atoms with Crippen LogP contribution < -0.4 is 0 Å². The molecule has 2 aliphatic rings. The molecular formula is C14H14Cl2N4S. The first-order valence-electron chi connectivity index (χ1n) is 7.17. The van der Waals surface area contributed by atoms with Crippen molar-refractivity contribution in [2.24, 2.45) is 0 Å². The maximum Gasteiger partial charge on any atom is 0.196 e. The zero-order chi connectivity index (χ0) is 14.4. The zero-order valence-electron chi connectivity index (χ0n) is 11.3. The number of rotatable bonds is 4. The normalized spacial score (nSPS) is 18.8. The van der Waals surface area contributed by atoms with Gasteiger partial charge >= 0.3 is 0 Å². The minimum absolute atomic E-state index is 0.406. The lowest BCUT2D eigenvalue weighted by molar-refractivity contribution is 0.383. The van der Waals surface area contributed by atoms with E-state index in [0.29, 0.717) is 22.3 Å². The molecule has 4 nitrogen and oxygen atoms in total. The summed E-state index contributed by atoms with van der Waals surface area (Å²) in [6, 6.07) is 4.20. The van der Waals surface area contributed by atoms with Gasteiger partial charge in [-0.2, -0.15) is 0 Å². The van der Waals surface area contributed by atoms with Gasteiger partial charge in [0.2, 0.25) is 0 Å². The van der Waals surface area contributed by atoms with Crippen molar-refractivity contribution in [1.29, 1.82) is 0 Å². The Hall–Kier alpha value is -0.780. The third-order valence-electron chi connectivity index (χ3n) is 4.06. The number of nitrogens with zero attached hydrogens (tertiary/aromatic N) is 4. The number of hydrogen-bond donors (Lipinski definition) is 0. The van der Waals surface area contributed by atoms with E-state index < -0.39 is 0 Å². The predicted octanol–water partition coefficient (Wildman–Crippen LogP) is 4.73. The van der Waals surface area contributed by atoms with Crippen molar-refractivity contribution in [1.82, 2.24) is 19.7 Å². The fraction of sp³-hybridized carbons (Fsp3) is 0.500. The summed E-state index contributed by atoms with van der Waals surface area (Å²) < 4.78 is 2.32. The largest absolute Gasteiger partial charge is 0.302 e. The van der Waals surface area contributed by atoms with Crippen LogP contribution in [0.25, 0.3) is 0 Å². The van der Waals surface area contributed by atoms with Gasteiger partial charge in [0.25, 0.3) is 0 Å². The van der Waals surface area contributed by atoms with Crippen molar-refractivity contribution < 1.29 is 0 Å². The number of aromatic nitrogens is 4. The molecule has 2 heterocycles. The summed E-state index contributed by atoms with van der Waals surface area (Å²) in [5.74, 6) is 1.75. The second-order valence-electron chi connectivity index (χ2n) is 5.59. The molecule has 2 fully saturated rings. The Morgan fingerprint density at radius 3 is 2.52 bits per heavy atom. The highest BCUT2D eigenvalue weighted by atomic mass is 35.5. The minimum atomic E-state index is 0.406. The average molecular weight is 341 g/mol. The molecule has 110 valence electrons. The van der Waals surface area contributed by atoms with Gasteiger partial charge in [0.1, 0.15) is 16.1 Å². The van der Waals surface area contributed by atoms with Gasteiger partial charge in [0.05, 0.1) is 4.90 Å². The van der Waals surface area contributed by atoms with Gasteiger partial charge in [-0.25, -0.2) is 4.98 Å². The molecule has 2 saturated carbocycles. The van der Waals surface area contributed by atoms with Gasteiger partial charge in [0.15, 0.2) is 5.16 Å². The van der Waals surface area contributed by atoms with Crippen molar-refractivity contribution in [2.75, 3.05) is 0 Å². The van der Waals surface area contributed by atoms with E-state index in [1.807, 2.05) is 6.07 Å². The van der Waals surface area contributed by atoms with E-state index in [2.05, 4.69) is 19.7 Å². The minimum Gasteiger partial charge on any atom is -0.302 e. The first kappa shape index (κ1) is 13.9. The molecule has 0 saturated heterocycles. The van der Waals surface area contributed by atoms with Crippen LogP contribution in [0.4, 0.5) is 0 Å². The van der Waals surface area contributed by atoms with E-state index in [-0.39, 0.29) is 0 Å². The Bertz CT molecular complexity index is 680. The SMILES string of the molecule is Clc1ccc(Sc2nnc(C3CCC3)n2C2CC2)c(Cl)n1. The third-order valence-corrected chi connectivity index (χ3v) is 5.68. The van der Waals surface area contributed by atoms with Gasteiger partial charge in [-0.15, -0.1) is 10.2 Å². The van der Waals surface area contributed by atoms with Crippen molar-refractivity contribution in [2.45, 2.75) is 54.1 Å². The Balaban J connectivity index is 1.66. The highest BCUT2D eigenvalue weighted by molar-refractivity contribution is 7.99. The summed E-state index contributed by atoms with van der Waals surface area (Å²) in [4.78, 5) is 4.95. The summed E-state index contributed by atoms with van der Waals surface area (Å²) in [7, 11) is 0. The van der Waals surface area contributed by atoms with Gasteiger partial charge in [-0.1, -0.05) is 29.6 Å². The molecule has 0 amide bonds. The van der Waals surface area contributed by atoms with Crippen LogP contribution in [0.15, 0.2) is 22.2 Å². The molecule has 4 rings (SSSR count). The summed E-state index contributed by atoms with van der Waals surface area (Å²) >= 11 is 13.5. The van der Waals surface area contributed by atoms with E-state index in [1.165, 1.54) is 43.9 Å². The van der Waals surface area contributed by atoms with E-state index in [0.717, 1.165) is 15.9 Å². The summed E-state index contributed by atoms with van der Waals surface area (Å²) in [6.07, 6.45) is 6.21. The summed E-state index contributed by atoms with van der Waals surface area (Å²) in [5.41, 5.74) is 0. The standard InChI is InChI=1S/C14H14Cl2N4S/c15-11-7-6-10(12(16)17-11)21-14-19-18-13(8-2-1-3-8)20(14)9-4-5-9/h6-9H,1-5H2. The Labute approximate surface area is 137 Å². The van der Waals surface area contributed by atoms with Crippen LogP contribution in [-0.2, 0) is 0 Å².